The van der Waals surface area contributed by atoms with Gasteiger partial charge in [0.05, 0.1) is 19.0 Å². The van der Waals surface area contributed by atoms with Crippen molar-refractivity contribution in [3.63, 3.8) is 0 Å². The Kier molecular flexibility index (Phi) is 7.20. The summed E-state index contributed by atoms with van der Waals surface area (Å²) in [5.74, 6) is 0. The number of rotatable bonds is 4. The van der Waals surface area contributed by atoms with Crippen molar-refractivity contribution >= 4 is 39.8 Å². The van der Waals surface area contributed by atoms with Crippen LogP contribution in [0, 0.1) is 0 Å². The Morgan fingerprint density at radius 2 is 0.462 bits per heavy atom. The van der Waals surface area contributed by atoms with Gasteiger partial charge in [0.25, 0.3) is 0 Å². The summed E-state index contributed by atoms with van der Waals surface area (Å²) < 4.78 is 0. The highest BCUT2D eigenvalue weighted by atomic mass is 28.2. The normalized spacial score (nSPS) is 9.85. The van der Waals surface area contributed by atoms with E-state index in [1.54, 1.807) is 0 Å². The quantitative estimate of drug-likeness (QED) is 0.480. The van der Waals surface area contributed by atoms with Crippen molar-refractivity contribution < 1.29 is 0 Å². The lowest BCUT2D eigenvalue weighted by atomic mass is 10.4. The average molecular weight is 369 g/mol. The van der Waals surface area contributed by atoms with Crippen LogP contribution in [0.1, 0.15) is 0 Å². The van der Waals surface area contributed by atoms with Crippen LogP contribution in [0.25, 0.3) is 0 Å². The van der Waals surface area contributed by atoms with Gasteiger partial charge in [-0.1, -0.05) is 142 Å². The van der Waals surface area contributed by atoms with Gasteiger partial charge in [-0.25, -0.2) is 0 Å². The van der Waals surface area contributed by atoms with Crippen molar-refractivity contribution in [1.82, 2.24) is 0 Å². The van der Waals surface area contributed by atoms with Crippen LogP contribution in [0.5, 0.6) is 0 Å². The average Bonchev–Trinajstić information content (AvgIpc) is 2.72. The summed E-state index contributed by atoms with van der Waals surface area (Å²) in [7, 11) is -0.468. The molecule has 0 aliphatic carbocycles. The molecule has 0 aromatic heterocycles. The largest absolute Gasteiger partial charge is 0.0875 e. The Balaban J connectivity index is 0.000000151. The monoisotopic (exact) mass is 368 g/mol. The molecule has 128 valence electrons. The summed E-state index contributed by atoms with van der Waals surface area (Å²) in [6, 6.07) is 43.0. The molecule has 0 amide bonds. The van der Waals surface area contributed by atoms with Crippen molar-refractivity contribution in [2.45, 2.75) is 0 Å². The molecule has 0 nitrogen and oxygen atoms in total. The molecule has 0 spiro atoms. The van der Waals surface area contributed by atoms with Gasteiger partial charge in [0.15, 0.2) is 0 Å². The minimum absolute atomic E-state index is 0.234. The maximum Gasteiger partial charge on any atom is 0.0875 e. The Bertz CT molecular complexity index is 709. The fraction of sp³-hybridized carbons (Fsp3) is 0. The molecule has 0 aliphatic heterocycles. The van der Waals surface area contributed by atoms with Crippen LogP contribution in [0.4, 0.5) is 0 Å². The van der Waals surface area contributed by atoms with Gasteiger partial charge in [-0.15, -0.1) is 0 Å². The molecule has 0 fully saturated rings. The van der Waals surface area contributed by atoms with Crippen LogP contribution in [0.3, 0.4) is 0 Å². The Hall–Kier alpha value is -2.69. The van der Waals surface area contributed by atoms with Gasteiger partial charge < -0.3 is 0 Å². The van der Waals surface area contributed by atoms with Gasteiger partial charge in [0.2, 0.25) is 0 Å². The predicted octanol–water partition coefficient (Wildman–Crippen LogP) is 1.61. The van der Waals surface area contributed by atoms with Crippen molar-refractivity contribution in [1.29, 1.82) is 0 Å². The van der Waals surface area contributed by atoms with Gasteiger partial charge >= 0.3 is 0 Å². The van der Waals surface area contributed by atoms with Crippen molar-refractivity contribution in [2.75, 3.05) is 0 Å². The molecule has 4 aromatic rings. The summed E-state index contributed by atoms with van der Waals surface area (Å²) in [6.45, 7) is 0. The Morgan fingerprint density at radius 1 is 0.269 bits per heavy atom. The lowest BCUT2D eigenvalue weighted by Crippen LogP contribution is -2.26. The lowest BCUT2D eigenvalue weighted by molar-refractivity contribution is 1.75. The molecule has 0 radical (unpaired) electrons. The van der Waals surface area contributed by atoms with Crippen LogP contribution in [-0.2, 0) is 0 Å². The van der Waals surface area contributed by atoms with Crippen LogP contribution in [0.15, 0.2) is 121 Å². The van der Waals surface area contributed by atoms with E-state index < -0.39 is 0 Å². The third-order valence-electron chi connectivity index (χ3n) is 4.19. The standard InChI is InChI=1S/2C12H12Si/c2*1-3-7-11(8-4-1)13-12-9-5-2-6-10-12/h2*1-10H,13H2. The topological polar surface area (TPSA) is 0 Å². The van der Waals surface area contributed by atoms with E-state index in [-0.39, 0.29) is 19.0 Å². The first-order valence-corrected chi connectivity index (χ1v) is 11.9. The van der Waals surface area contributed by atoms with Gasteiger partial charge in [-0.3, -0.25) is 0 Å². The zero-order valence-corrected chi connectivity index (χ0v) is 17.8. The second kappa shape index (κ2) is 10.3. The van der Waals surface area contributed by atoms with Crippen LogP contribution >= 0.6 is 0 Å². The molecule has 0 bridgehead atoms. The van der Waals surface area contributed by atoms with Crippen LogP contribution < -0.4 is 20.7 Å². The summed E-state index contributed by atoms with van der Waals surface area (Å²) in [6.07, 6.45) is 0. The first-order valence-electron chi connectivity index (χ1n) is 9.06. The molecule has 0 unspecified atom stereocenters. The maximum absolute atomic E-state index is 2.22. The van der Waals surface area contributed by atoms with E-state index in [0.717, 1.165) is 0 Å². The predicted molar refractivity (Wildman–Crippen MR) is 121 cm³/mol. The molecule has 0 aliphatic rings. The van der Waals surface area contributed by atoms with E-state index in [4.69, 9.17) is 0 Å². The van der Waals surface area contributed by atoms with Gasteiger partial charge in [-0.2, -0.15) is 0 Å². The number of hydrogen-bond donors (Lipinski definition) is 0. The molecule has 0 saturated carbocycles. The summed E-state index contributed by atoms with van der Waals surface area (Å²) >= 11 is 0. The van der Waals surface area contributed by atoms with Gasteiger partial charge in [0.1, 0.15) is 0 Å². The molecular formula is C24H24Si2. The number of hydrogen-bond acceptors (Lipinski definition) is 0. The summed E-state index contributed by atoms with van der Waals surface area (Å²) in [5.41, 5.74) is 0. The first-order chi connectivity index (χ1) is 12.9. The smallest absolute Gasteiger partial charge is 0.0633 e. The second-order valence-electron chi connectivity index (χ2n) is 6.30. The molecule has 2 heteroatoms. The molecule has 0 N–H and O–H groups in total. The SMILES string of the molecule is c1ccc([SiH2]c2ccccc2)cc1.c1ccc([SiH2]c2ccccc2)cc1. The molecule has 26 heavy (non-hydrogen) atoms. The number of benzene rings is 4. The van der Waals surface area contributed by atoms with Crippen molar-refractivity contribution in [2.24, 2.45) is 0 Å². The molecular weight excluding hydrogens is 344 g/mol. The fourth-order valence-electron chi connectivity index (χ4n) is 2.85. The van der Waals surface area contributed by atoms with E-state index in [9.17, 15) is 0 Å². The summed E-state index contributed by atoms with van der Waals surface area (Å²) in [4.78, 5) is 0. The second-order valence-corrected chi connectivity index (χ2v) is 10.3. The highest BCUT2D eigenvalue weighted by Crippen LogP contribution is 1.85. The molecule has 4 rings (SSSR count). The van der Waals surface area contributed by atoms with E-state index in [1.165, 1.54) is 20.7 Å². The zero-order chi connectivity index (χ0) is 17.9. The van der Waals surface area contributed by atoms with Crippen LogP contribution in [0.2, 0.25) is 0 Å². The minimum atomic E-state index is -0.234. The Labute approximate surface area is 161 Å². The third-order valence-corrected chi connectivity index (χ3v) is 7.71. The lowest BCUT2D eigenvalue weighted by Gasteiger charge is -1.99. The third kappa shape index (κ3) is 6.32. The fourth-order valence-corrected chi connectivity index (χ4v) is 5.83. The van der Waals surface area contributed by atoms with Crippen LogP contribution in [-0.4, -0.2) is 19.0 Å². The van der Waals surface area contributed by atoms with Crippen molar-refractivity contribution in [3.05, 3.63) is 121 Å². The molecule has 0 saturated heterocycles. The maximum atomic E-state index is 2.22. The highest BCUT2D eigenvalue weighted by Gasteiger charge is 1.94. The van der Waals surface area contributed by atoms with E-state index >= 15 is 0 Å². The first kappa shape index (κ1) is 18.1. The minimum Gasteiger partial charge on any atom is -0.0633 e. The Morgan fingerprint density at radius 3 is 0.654 bits per heavy atom. The summed E-state index contributed by atoms with van der Waals surface area (Å²) in [5, 5.41) is 6.03. The molecule has 0 atom stereocenters. The molecule has 0 heterocycles. The van der Waals surface area contributed by atoms with Gasteiger partial charge in [-0.05, 0) is 0 Å². The molecule has 4 aromatic carbocycles. The van der Waals surface area contributed by atoms with Crippen molar-refractivity contribution in [3.8, 4) is 0 Å². The van der Waals surface area contributed by atoms with E-state index in [1.807, 2.05) is 0 Å². The van der Waals surface area contributed by atoms with E-state index in [0.29, 0.717) is 0 Å². The van der Waals surface area contributed by atoms with Gasteiger partial charge in [0, 0.05) is 0 Å². The van der Waals surface area contributed by atoms with E-state index in [2.05, 4.69) is 121 Å². The zero-order valence-electron chi connectivity index (χ0n) is 15.0. The highest BCUT2D eigenvalue weighted by molar-refractivity contribution is 6.67.